The SMILES string of the molecule is O=C(c1ccc(=O)[nH]n1)N1CCC(c2ccccc2F)S(=O)(=O)CC1. The molecule has 2 heterocycles. The standard InChI is InChI=1S/C16H16FN3O4S/c17-12-4-2-1-3-11(12)14-7-8-20(9-10-25(14,23)24)16(22)13-5-6-15(21)19-18-13/h1-6,14H,7-10H2,(H,19,21). The van der Waals surface area contributed by atoms with Crippen LogP contribution in [0.5, 0.6) is 0 Å². The topological polar surface area (TPSA) is 100 Å². The number of H-pyrrole nitrogens is 1. The van der Waals surface area contributed by atoms with E-state index in [1.165, 1.54) is 35.2 Å². The summed E-state index contributed by atoms with van der Waals surface area (Å²) < 4.78 is 39.1. The van der Waals surface area contributed by atoms with Crippen molar-refractivity contribution < 1.29 is 17.6 Å². The van der Waals surface area contributed by atoms with Crippen LogP contribution in [0.25, 0.3) is 0 Å². The predicted octanol–water partition coefficient (Wildman–Crippen LogP) is 0.911. The van der Waals surface area contributed by atoms with Crippen LogP contribution in [0.3, 0.4) is 0 Å². The van der Waals surface area contributed by atoms with Crippen LogP contribution in [-0.2, 0) is 9.84 Å². The molecule has 1 fully saturated rings. The van der Waals surface area contributed by atoms with Crippen LogP contribution in [0.15, 0.2) is 41.2 Å². The molecule has 9 heteroatoms. The van der Waals surface area contributed by atoms with E-state index in [0.29, 0.717) is 0 Å². The van der Waals surface area contributed by atoms with Crippen molar-refractivity contribution in [2.75, 3.05) is 18.8 Å². The van der Waals surface area contributed by atoms with Gasteiger partial charge in [-0.3, -0.25) is 9.59 Å². The lowest BCUT2D eigenvalue weighted by molar-refractivity contribution is 0.0759. The molecule has 1 aromatic heterocycles. The second kappa shape index (κ2) is 6.75. The molecule has 25 heavy (non-hydrogen) atoms. The molecule has 3 rings (SSSR count). The van der Waals surface area contributed by atoms with Gasteiger partial charge in [0.2, 0.25) is 0 Å². The average Bonchev–Trinajstić information content (AvgIpc) is 2.74. The summed E-state index contributed by atoms with van der Waals surface area (Å²) in [6.45, 7) is 0.144. The highest BCUT2D eigenvalue weighted by atomic mass is 32.2. The van der Waals surface area contributed by atoms with Crippen LogP contribution < -0.4 is 5.56 Å². The first-order valence-electron chi connectivity index (χ1n) is 7.69. The molecular weight excluding hydrogens is 349 g/mol. The minimum absolute atomic E-state index is 0.00702. The maximum Gasteiger partial charge on any atom is 0.274 e. The summed E-state index contributed by atoms with van der Waals surface area (Å²) in [5, 5.41) is 4.86. The van der Waals surface area contributed by atoms with Crippen LogP contribution in [-0.4, -0.2) is 48.3 Å². The summed E-state index contributed by atoms with van der Waals surface area (Å²) in [4.78, 5) is 24.9. The predicted molar refractivity (Wildman–Crippen MR) is 88.3 cm³/mol. The Hall–Kier alpha value is -2.55. The summed E-state index contributed by atoms with van der Waals surface area (Å²) >= 11 is 0. The van der Waals surface area contributed by atoms with Crippen molar-refractivity contribution in [3.05, 3.63) is 63.8 Å². The van der Waals surface area contributed by atoms with Crippen LogP contribution in [0.2, 0.25) is 0 Å². The monoisotopic (exact) mass is 365 g/mol. The van der Waals surface area contributed by atoms with Gasteiger partial charge >= 0.3 is 0 Å². The van der Waals surface area contributed by atoms with Gasteiger partial charge in [-0.2, -0.15) is 5.10 Å². The van der Waals surface area contributed by atoms with Gasteiger partial charge in [0.25, 0.3) is 11.5 Å². The van der Waals surface area contributed by atoms with E-state index in [0.717, 1.165) is 0 Å². The second-order valence-electron chi connectivity index (χ2n) is 5.76. The summed E-state index contributed by atoms with van der Waals surface area (Å²) in [7, 11) is -3.60. The van der Waals surface area contributed by atoms with Crippen LogP contribution >= 0.6 is 0 Å². The van der Waals surface area contributed by atoms with Gasteiger partial charge in [-0.15, -0.1) is 0 Å². The number of benzene rings is 1. The molecule has 0 bridgehead atoms. The number of sulfone groups is 1. The number of halogens is 1. The number of carbonyl (C=O) groups is 1. The zero-order valence-corrected chi connectivity index (χ0v) is 14.0. The Morgan fingerprint density at radius 2 is 1.96 bits per heavy atom. The molecule has 1 aliphatic rings. The van der Waals surface area contributed by atoms with E-state index in [1.807, 2.05) is 0 Å². The quantitative estimate of drug-likeness (QED) is 0.853. The zero-order chi connectivity index (χ0) is 18.0. The number of rotatable bonds is 2. The highest BCUT2D eigenvalue weighted by Gasteiger charge is 2.34. The molecule has 1 N–H and O–H groups in total. The summed E-state index contributed by atoms with van der Waals surface area (Å²) in [5.41, 5.74) is -0.282. The minimum atomic E-state index is -3.60. The third-order valence-corrected chi connectivity index (χ3v) is 6.29. The van der Waals surface area contributed by atoms with Crippen molar-refractivity contribution >= 4 is 15.7 Å². The third kappa shape index (κ3) is 3.60. The van der Waals surface area contributed by atoms with Crippen LogP contribution in [0, 0.1) is 5.82 Å². The lowest BCUT2D eigenvalue weighted by Crippen LogP contribution is -2.34. The molecular formula is C16H16FN3O4S. The number of aromatic amines is 1. The fourth-order valence-electron chi connectivity index (χ4n) is 2.86. The first-order valence-corrected chi connectivity index (χ1v) is 9.41. The van der Waals surface area contributed by atoms with Crippen LogP contribution in [0.4, 0.5) is 4.39 Å². The lowest BCUT2D eigenvalue weighted by atomic mass is 10.1. The summed E-state index contributed by atoms with van der Waals surface area (Å²) in [6.07, 6.45) is 0.0956. The average molecular weight is 365 g/mol. The molecule has 2 aromatic rings. The molecule has 1 atom stereocenters. The van der Waals surface area contributed by atoms with Gasteiger partial charge in [0, 0.05) is 24.7 Å². The first-order chi connectivity index (χ1) is 11.9. The van der Waals surface area contributed by atoms with Crippen molar-refractivity contribution in [1.29, 1.82) is 0 Å². The molecule has 7 nitrogen and oxygen atoms in total. The highest BCUT2D eigenvalue weighted by Crippen LogP contribution is 2.31. The molecule has 0 spiro atoms. The Morgan fingerprint density at radius 3 is 2.64 bits per heavy atom. The molecule has 0 radical (unpaired) electrons. The van der Waals surface area contributed by atoms with E-state index in [2.05, 4.69) is 10.2 Å². The van der Waals surface area contributed by atoms with Crippen molar-refractivity contribution in [3.8, 4) is 0 Å². The fraction of sp³-hybridized carbons (Fsp3) is 0.312. The van der Waals surface area contributed by atoms with E-state index in [1.54, 1.807) is 6.07 Å². The van der Waals surface area contributed by atoms with Crippen molar-refractivity contribution in [1.82, 2.24) is 15.1 Å². The van der Waals surface area contributed by atoms with Crippen molar-refractivity contribution in [3.63, 3.8) is 0 Å². The summed E-state index contributed by atoms with van der Waals surface area (Å²) in [5.74, 6) is -1.31. The van der Waals surface area contributed by atoms with Gasteiger partial charge in [0.05, 0.1) is 11.0 Å². The van der Waals surface area contributed by atoms with Crippen molar-refractivity contribution in [2.45, 2.75) is 11.7 Å². The Balaban J connectivity index is 1.85. The van der Waals surface area contributed by atoms with Gasteiger partial charge in [0.1, 0.15) is 11.5 Å². The number of amides is 1. The van der Waals surface area contributed by atoms with E-state index >= 15 is 0 Å². The van der Waals surface area contributed by atoms with Crippen molar-refractivity contribution in [2.24, 2.45) is 0 Å². The number of aromatic nitrogens is 2. The number of nitrogens with zero attached hydrogens (tertiary/aromatic N) is 2. The van der Waals surface area contributed by atoms with Gasteiger partial charge < -0.3 is 4.90 Å². The molecule has 1 aromatic carbocycles. The van der Waals surface area contributed by atoms with Gasteiger partial charge in [0.15, 0.2) is 9.84 Å². The maximum atomic E-state index is 14.0. The second-order valence-corrected chi connectivity index (χ2v) is 8.07. The fourth-order valence-corrected chi connectivity index (χ4v) is 4.66. The Labute approximate surface area is 143 Å². The normalized spacial score (nSPS) is 20.0. The molecule has 0 saturated carbocycles. The smallest absolute Gasteiger partial charge is 0.274 e. The van der Waals surface area contributed by atoms with Gasteiger partial charge in [-0.1, -0.05) is 18.2 Å². The van der Waals surface area contributed by atoms with Crippen LogP contribution in [0.1, 0.15) is 27.7 Å². The van der Waals surface area contributed by atoms with Gasteiger partial charge in [-0.25, -0.2) is 17.9 Å². The third-order valence-electron chi connectivity index (χ3n) is 4.18. The Kier molecular flexibility index (Phi) is 4.67. The van der Waals surface area contributed by atoms with Gasteiger partial charge in [-0.05, 0) is 18.6 Å². The first kappa shape index (κ1) is 17.3. The molecule has 0 aliphatic carbocycles. The molecule has 132 valence electrons. The number of carbonyl (C=O) groups excluding carboxylic acids is 1. The van der Waals surface area contributed by atoms with E-state index < -0.39 is 32.4 Å². The number of hydrogen-bond donors (Lipinski definition) is 1. The minimum Gasteiger partial charge on any atom is -0.336 e. The van der Waals surface area contributed by atoms with E-state index in [4.69, 9.17) is 0 Å². The largest absolute Gasteiger partial charge is 0.336 e. The lowest BCUT2D eigenvalue weighted by Gasteiger charge is -2.19. The molecule has 1 unspecified atom stereocenters. The molecule has 1 aliphatic heterocycles. The number of nitrogens with one attached hydrogen (secondary N) is 1. The molecule has 1 saturated heterocycles. The summed E-state index contributed by atoms with van der Waals surface area (Å²) in [6, 6.07) is 8.24. The number of hydrogen-bond acceptors (Lipinski definition) is 5. The van der Waals surface area contributed by atoms with E-state index in [9.17, 15) is 22.4 Å². The molecule has 1 amide bonds. The van der Waals surface area contributed by atoms with E-state index in [-0.39, 0.29) is 36.5 Å². The highest BCUT2D eigenvalue weighted by molar-refractivity contribution is 7.91. The zero-order valence-electron chi connectivity index (χ0n) is 13.2. The Morgan fingerprint density at radius 1 is 1.20 bits per heavy atom. The maximum absolute atomic E-state index is 14.0. The Bertz CT molecular complexity index is 937.